The van der Waals surface area contributed by atoms with E-state index in [-0.39, 0.29) is 24.3 Å². The third-order valence-electron chi connectivity index (χ3n) is 4.94. The highest BCUT2D eigenvalue weighted by atomic mass is 32.1. The Labute approximate surface area is 157 Å². The van der Waals surface area contributed by atoms with Gasteiger partial charge in [-0.2, -0.15) is 0 Å². The summed E-state index contributed by atoms with van der Waals surface area (Å²) in [6.07, 6.45) is 3.42. The summed E-state index contributed by atoms with van der Waals surface area (Å²) < 4.78 is 0. The Kier molecular flexibility index (Phi) is 6.62. The molecule has 1 aromatic heterocycles. The zero-order chi connectivity index (χ0) is 18.4. The lowest BCUT2D eigenvalue weighted by Gasteiger charge is -2.36. The SMILES string of the molecule is O=C(NCC(=O)N1CCN(CC(=O)N2CCCCC2)CC1)c1cccs1. The summed E-state index contributed by atoms with van der Waals surface area (Å²) in [4.78, 5) is 42.9. The molecule has 0 atom stereocenters. The first kappa shape index (κ1) is 18.8. The Hall–Kier alpha value is -1.93. The predicted molar refractivity (Wildman–Crippen MR) is 100 cm³/mol. The van der Waals surface area contributed by atoms with Gasteiger partial charge >= 0.3 is 0 Å². The maximum Gasteiger partial charge on any atom is 0.261 e. The number of amides is 3. The Morgan fingerprint density at radius 1 is 0.923 bits per heavy atom. The van der Waals surface area contributed by atoms with E-state index in [1.165, 1.54) is 17.8 Å². The van der Waals surface area contributed by atoms with E-state index >= 15 is 0 Å². The van der Waals surface area contributed by atoms with Crippen LogP contribution in [0.25, 0.3) is 0 Å². The molecular formula is C18H26N4O3S. The van der Waals surface area contributed by atoms with Crippen LogP contribution in [0.1, 0.15) is 28.9 Å². The van der Waals surface area contributed by atoms with Crippen LogP contribution in [0.2, 0.25) is 0 Å². The zero-order valence-corrected chi connectivity index (χ0v) is 15.8. The van der Waals surface area contributed by atoms with Crippen LogP contribution in [-0.2, 0) is 9.59 Å². The summed E-state index contributed by atoms with van der Waals surface area (Å²) in [7, 11) is 0. The molecule has 26 heavy (non-hydrogen) atoms. The van der Waals surface area contributed by atoms with E-state index < -0.39 is 0 Å². The highest BCUT2D eigenvalue weighted by Crippen LogP contribution is 2.10. The number of carbonyl (C=O) groups is 3. The summed E-state index contributed by atoms with van der Waals surface area (Å²) >= 11 is 1.36. The van der Waals surface area contributed by atoms with Crippen molar-refractivity contribution in [2.45, 2.75) is 19.3 Å². The molecule has 7 nitrogen and oxygen atoms in total. The van der Waals surface area contributed by atoms with Gasteiger partial charge in [0.1, 0.15) is 0 Å². The third-order valence-corrected chi connectivity index (χ3v) is 5.81. The average Bonchev–Trinajstić information content (AvgIpc) is 3.22. The molecule has 2 aliphatic heterocycles. The summed E-state index contributed by atoms with van der Waals surface area (Å²) in [5.41, 5.74) is 0. The highest BCUT2D eigenvalue weighted by molar-refractivity contribution is 7.12. The highest BCUT2D eigenvalue weighted by Gasteiger charge is 2.25. The quantitative estimate of drug-likeness (QED) is 0.816. The minimum atomic E-state index is -0.209. The molecule has 0 aliphatic carbocycles. The summed E-state index contributed by atoms with van der Waals surface area (Å²) in [6.45, 7) is 4.80. The normalized spacial score (nSPS) is 18.6. The number of hydrogen-bond donors (Lipinski definition) is 1. The van der Waals surface area contributed by atoms with Crippen LogP contribution in [-0.4, -0.2) is 84.8 Å². The zero-order valence-electron chi connectivity index (χ0n) is 15.0. The predicted octanol–water partition coefficient (Wildman–Crippen LogP) is 0.635. The van der Waals surface area contributed by atoms with Gasteiger partial charge in [0.2, 0.25) is 11.8 Å². The van der Waals surface area contributed by atoms with Crippen molar-refractivity contribution in [1.29, 1.82) is 0 Å². The standard InChI is InChI=1S/C18H26N4O3S/c23-16(13-19-18(25)15-5-4-12-26-15)22-10-8-20(9-11-22)14-17(24)21-6-2-1-3-7-21/h4-5,12H,1-3,6-11,13-14H2,(H,19,25). The molecule has 0 spiro atoms. The first-order chi connectivity index (χ1) is 12.6. The van der Waals surface area contributed by atoms with Crippen LogP contribution in [0, 0.1) is 0 Å². The summed E-state index contributed by atoms with van der Waals surface area (Å²) in [5.74, 6) is -0.0799. The van der Waals surface area contributed by atoms with Gasteiger partial charge in [-0.15, -0.1) is 11.3 Å². The molecular weight excluding hydrogens is 352 g/mol. The number of thiophene rings is 1. The summed E-state index contributed by atoms with van der Waals surface area (Å²) in [6, 6.07) is 3.55. The molecule has 1 N–H and O–H groups in total. The second kappa shape index (κ2) is 9.14. The fraction of sp³-hybridized carbons (Fsp3) is 0.611. The number of piperidine rings is 1. The van der Waals surface area contributed by atoms with Gasteiger partial charge in [0, 0.05) is 39.3 Å². The van der Waals surface area contributed by atoms with Crippen molar-refractivity contribution in [2.24, 2.45) is 0 Å². The second-order valence-electron chi connectivity index (χ2n) is 6.76. The van der Waals surface area contributed by atoms with Crippen LogP contribution in [0.4, 0.5) is 0 Å². The number of nitrogens with zero attached hydrogens (tertiary/aromatic N) is 3. The molecule has 3 rings (SSSR count). The molecule has 2 aliphatic rings. The largest absolute Gasteiger partial charge is 0.342 e. The molecule has 3 amide bonds. The Balaban J connectivity index is 1.36. The molecule has 0 aromatic carbocycles. The van der Waals surface area contributed by atoms with E-state index in [1.807, 2.05) is 16.3 Å². The smallest absolute Gasteiger partial charge is 0.261 e. The van der Waals surface area contributed by atoms with Gasteiger partial charge in [-0.25, -0.2) is 0 Å². The number of nitrogens with one attached hydrogen (secondary N) is 1. The topological polar surface area (TPSA) is 73.0 Å². The Morgan fingerprint density at radius 3 is 2.27 bits per heavy atom. The van der Waals surface area contributed by atoms with Gasteiger partial charge in [-0.05, 0) is 30.7 Å². The van der Waals surface area contributed by atoms with Gasteiger partial charge in [0.25, 0.3) is 5.91 Å². The minimum Gasteiger partial charge on any atom is -0.342 e. The van der Waals surface area contributed by atoms with E-state index in [0.29, 0.717) is 37.6 Å². The van der Waals surface area contributed by atoms with E-state index in [2.05, 4.69) is 10.2 Å². The second-order valence-corrected chi connectivity index (χ2v) is 7.71. The van der Waals surface area contributed by atoms with Crippen molar-refractivity contribution < 1.29 is 14.4 Å². The maximum absolute atomic E-state index is 12.3. The number of likely N-dealkylation sites (tertiary alicyclic amines) is 1. The van der Waals surface area contributed by atoms with Gasteiger partial charge in [0.05, 0.1) is 18.0 Å². The molecule has 142 valence electrons. The van der Waals surface area contributed by atoms with Gasteiger partial charge in [0.15, 0.2) is 0 Å². The molecule has 1 aromatic rings. The van der Waals surface area contributed by atoms with Crippen molar-refractivity contribution in [3.63, 3.8) is 0 Å². The van der Waals surface area contributed by atoms with Crippen LogP contribution in [0.15, 0.2) is 17.5 Å². The molecule has 2 fully saturated rings. The average molecular weight is 378 g/mol. The minimum absolute atomic E-state index is 0.0173. The van der Waals surface area contributed by atoms with Crippen molar-refractivity contribution in [3.05, 3.63) is 22.4 Å². The van der Waals surface area contributed by atoms with Crippen LogP contribution in [0.5, 0.6) is 0 Å². The van der Waals surface area contributed by atoms with Crippen molar-refractivity contribution >= 4 is 29.1 Å². The van der Waals surface area contributed by atoms with Crippen molar-refractivity contribution in [3.8, 4) is 0 Å². The molecule has 0 bridgehead atoms. The van der Waals surface area contributed by atoms with Gasteiger partial charge in [-0.1, -0.05) is 6.07 Å². The first-order valence-electron chi connectivity index (χ1n) is 9.23. The lowest BCUT2D eigenvalue weighted by atomic mass is 10.1. The maximum atomic E-state index is 12.3. The third kappa shape index (κ3) is 5.04. The number of carbonyl (C=O) groups excluding carboxylic acids is 3. The summed E-state index contributed by atoms with van der Waals surface area (Å²) in [5, 5.41) is 4.51. The van der Waals surface area contributed by atoms with Crippen LogP contribution < -0.4 is 5.32 Å². The van der Waals surface area contributed by atoms with Crippen LogP contribution >= 0.6 is 11.3 Å². The Bertz CT molecular complexity index is 620. The van der Waals surface area contributed by atoms with E-state index in [4.69, 9.17) is 0 Å². The molecule has 0 radical (unpaired) electrons. The molecule has 8 heteroatoms. The Morgan fingerprint density at radius 2 is 1.62 bits per heavy atom. The van der Waals surface area contributed by atoms with E-state index in [0.717, 1.165) is 25.9 Å². The van der Waals surface area contributed by atoms with Gasteiger partial charge in [-0.3, -0.25) is 19.3 Å². The molecule has 2 saturated heterocycles. The number of piperazine rings is 1. The number of hydrogen-bond acceptors (Lipinski definition) is 5. The van der Waals surface area contributed by atoms with Gasteiger partial charge < -0.3 is 15.1 Å². The molecule has 3 heterocycles. The molecule has 0 saturated carbocycles. The lowest BCUT2D eigenvalue weighted by molar-refractivity contribution is -0.135. The van der Waals surface area contributed by atoms with Crippen LogP contribution in [0.3, 0.4) is 0 Å². The lowest BCUT2D eigenvalue weighted by Crippen LogP contribution is -2.53. The van der Waals surface area contributed by atoms with Crippen molar-refractivity contribution in [1.82, 2.24) is 20.0 Å². The molecule has 0 unspecified atom stereocenters. The van der Waals surface area contributed by atoms with E-state index in [1.54, 1.807) is 11.0 Å². The fourth-order valence-electron chi connectivity index (χ4n) is 3.35. The fourth-order valence-corrected chi connectivity index (χ4v) is 3.99. The monoisotopic (exact) mass is 378 g/mol. The van der Waals surface area contributed by atoms with Crippen molar-refractivity contribution in [2.75, 3.05) is 52.4 Å². The van der Waals surface area contributed by atoms with E-state index in [9.17, 15) is 14.4 Å². The first-order valence-corrected chi connectivity index (χ1v) is 10.1. The number of rotatable bonds is 5.